The van der Waals surface area contributed by atoms with Crippen LogP contribution in [0.5, 0.6) is 0 Å². The van der Waals surface area contributed by atoms with Gasteiger partial charge in [-0.2, -0.15) is 9.57 Å². The van der Waals surface area contributed by atoms with Crippen LogP contribution in [0.2, 0.25) is 0 Å². The van der Waals surface area contributed by atoms with Crippen LogP contribution in [0.15, 0.2) is 29.2 Å². The highest BCUT2D eigenvalue weighted by molar-refractivity contribution is 7.89. The normalized spacial score (nSPS) is 24.1. The van der Waals surface area contributed by atoms with Gasteiger partial charge in [-0.1, -0.05) is 0 Å². The summed E-state index contributed by atoms with van der Waals surface area (Å²) in [7, 11) is -1.91. The van der Waals surface area contributed by atoms with Crippen molar-refractivity contribution >= 4 is 10.0 Å². The Morgan fingerprint density at radius 2 is 2.00 bits per heavy atom. The summed E-state index contributed by atoms with van der Waals surface area (Å²) in [6, 6.07) is 8.11. The van der Waals surface area contributed by atoms with Crippen molar-refractivity contribution in [1.29, 1.82) is 5.26 Å². The summed E-state index contributed by atoms with van der Waals surface area (Å²) in [6.07, 6.45) is 1.72. The minimum atomic E-state index is -3.56. The molecule has 2 heterocycles. The molecule has 6 nitrogen and oxygen atoms in total. The molecule has 7 heteroatoms. The lowest BCUT2D eigenvalue weighted by atomic mass is 9.72. The molecule has 1 aromatic rings. The Balaban J connectivity index is 1.87. The molecular formula is C17H22N2O4S. The molecule has 1 unspecified atom stereocenters. The second-order valence-corrected chi connectivity index (χ2v) is 8.50. The van der Waals surface area contributed by atoms with E-state index in [4.69, 9.17) is 14.7 Å². The van der Waals surface area contributed by atoms with Crippen molar-refractivity contribution in [3.8, 4) is 6.07 Å². The Labute approximate surface area is 143 Å². The minimum absolute atomic E-state index is 0.0616. The summed E-state index contributed by atoms with van der Waals surface area (Å²) >= 11 is 0. The maximum atomic E-state index is 13.0. The topological polar surface area (TPSA) is 79.6 Å². The van der Waals surface area contributed by atoms with Crippen LogP contribution in [-0.2, 0) is 19.5 Å². The first-order valence-corrected chi connectivity index (χ1v) is 9.53. The number of methoxy groups -OCH3 is 1. The molecule has 0 aliphatic carbocycles. The van der Waals surface area contributed by atoms with Crippen LogP contribution in [0, 0.1) is 22.7 Å². The zero-order chi connectivity index (χ0) is 17.2. The highest BCUT2D eigenvalue weighted by Crippen LogP contribution is 2.45. The molecule has 0 N–H and O–H groups in total. The lowest BCUT2D eigenvalue weighted by Gasteiger charge is -2.37. The number of nitriles is 1. The molecular weight excluding hydrogens is 328 g/mol. The van der Waals surface area contributed by atoms with E-state index in [1.54, 1.807) is 23.5 Å². The number of hydrogen-bond donors (Lipinski definition) is 0. The number of benzene rings is 1. The fraction of sp³-hybridized carbons (Fsp3) is 0.588. The lowest BCUT2D eigenvalue weighted by molar-refractivity contribution is -0.0162. The van der Waals surface area contributed by atoms with Gasteiger partial charge in [0.1, 0.15) is 0 Å². The fourth-order valence-electron chi connectivity index (χ4n) is 3.79. The molecule has 2 aliphatic rings. The zero-order valence-corrected chi connectivity index (χ0v) is 14.6. The van der Waals surface area contributed by atoms with Crippen molar-refractivity contribution in [2.24, 2.45) is 11.3 Å². The van der Waals surface area contributed by atoms with Gasteiger partial charge in [-0.3, -0.25) is 0 Å². The van der Waals surface area contributed by atoms with E-state index in [-0.39, 0.29) is 16.2 Å². The van der Waals surface area contributed by atoms with Gasteiger partial charge in [0, 0.05) is 39.3 Å². The monoisotopic (exact) mass is 350 g/mol. The molecule has 0 radical (unpaired) electrons. The first-order valence-electron chi connectivity index (χ1n) is 8.09. The minimum Gasteiger partial charge on any atom is -0.384 e. The highest BCUT2D eigenvalue weighted by atomic mass is 32.2. The van der Waals surface area contributed by atoms with Crippen LogP contribution in [0.25, 0.3) is 0 Å². The lowest BCUT2D eigenvalue weighted by Crippen LogP contribution is -2.39. The zero-order valence-electron chi connectivity index (χ0n) is 13.8. The maximum absolute atomic E-state index is 13.0. The van der Waals surface area contributed by atoms with Gasteiger partial charge < -0.3 is 9.47 Å². The van der Waals surface area contributed by atoms with Crippen LogP contribution in [0.4, 0.5) is 0 Å². The Morgan fingerprint density at radius 3 is 2.58 bits per heavy atom. The van der Waals surface area contributed by atoms with Gasteiger partial charge in [0.05, 0.1) is 23.1 Å². The van der Waals surface area contributed by atoms with Crippen molar-refractivity contribution in [3.63, 3.8) is 0 Å². The molecule has 2 fully saturated rings. The third kappa shape index (κ3) is 3.07. The predicted octanol–water partition coefficient (Wildman–Crippen LogP) is 1.62. The number of ether oxygens (including phenoxy) is 2. The SMILES string of the molecule is COCC1CN(S(=O)(=O)c2ccc(C#N)cc2)CC12CCOCC2. The molecule has 0 aromatic heterocycles. The van der Waals surface area contributed by atoms with Crippen LogP contribution in [0.1, 0.15) is 18.4 Å². The molecule has 1 atom stereocenters. The Morgan fingerprint density at radius 1 is 1.33 bits per heavy atom. The van der Waals surface area contributed by atoms with E-state index < -0.39 is 10.0 Å². The summed E-state index contributed by atoms with van der Waals surface area (Å²) in [5.41, 5.74) is 0.391. The molecule has 0 saturated carbocycles. The van der Waals surface area contributed by atoms with Crippen molar-refractivity contribution in [3.05, 3.63) is 29.8 Å². The van der Waals surface area contributed by atoms with Gasteiger partial charge in [-0.25, -0.2) is 8.42 Å². The van der Waals surface area contributed by atoms with Crippen LogP contribution in [0.3, 0.4) is 0 Å². The predicted molar refractivity (Wildman–Crippen MR) is 87.8 cm³/mol. The fourth-order valence-corrected chi connectivity index (χ4v) is 5.37. The first kappa shape index (κ1) is 17.4. The Kier molecular flexibility index (Phi) is 4.92. The van der Waals surface area contributed by atoms with Gasteiger partial charge in [0.15, 0.2) is 0 Å². The van der Waals surface area contributed by atoms with E-state index in [0.29, 0.717) is 38.5 Å². The average molecular weight is 350 g/mol. The largest absolute Gasteiger partial charge is 0.384 e. The van der Waals surface area contributed by atoms with E-state index >= 15 is 0 Å². The summed E-state index contributed by atoms with van der Waals surface area (Å²) in [4.78, 5) is 0.238. The van der Waals surface area contributed by atoms with Crippen LogP contribution in [-0.4, -0.2) is 52.7 Å². The van der Waals surface area contributed by atoms with Gasteiger partial charge in [-0.15, -0.1) is 0 Å². The summed E-state index contributed by atoms with van der Waals surface area (Å²) in [6.45, 7) is 2.87. The number of nitrogens with zero attached hydrogens (tertiary/aromatic N) is 2. The summed E-state index contributed by atoms with van der Waals surface area (Å²) in [5, 5.41) is 8.87. The average Bonchev–Trinajstić information content (AvgIpc) is 2.95. The molecule has 0 bridgehead atoms. The van der Waals surface area contributed by atoms with Gasteiger partial charge >= 0.3 is 0 Å². The van der Waals surface area contributed by atoms with E-state index in [1.807, 2.05) is 6.07 Å². The first-order chi connectivity index (χ1) is 11.5. The third-order valence-electron chi connectivity index (χ3n) is 5.26. The van der Waals surface area contributed by atoms with Crippen LogP contribution >= 0.6 is 0 Å². The maximum Gasteiger partial charge on any atom is 0.243 e. The molecule has 0 amide bonds. The Bertz CT molecular complexity index is 718. The number of sulfonamides is 1. The van der Waals surface area contributed by atoms with Gasteiger partial charge in [0.25, 0.3) is 0 Å². The second kappa shape index (κ2) is 6.81. The van der Waals surface area contributed by atoms with Crippen molar-refractivity contribution in [2.75, 3.05) is 40.0 Å². The smallest absolute Gasteiger partial charge is 0.243 e. The van der Waals surface area contributed by atoms with Gasteiger partial charge in [-0.05, 0) is 42.5 Å². The van der Waals surface area contributed by atoms with E-state index in [2.05, 4.69) is 0 Å². The molecule has 2 saturated heterocycles. The van der Waals surface area contributed by atoms with E-state index in [1.165, 1.54) is 12.1 Å². The standard InChI is InChI=1S/C17H22N2O4S/c1-22-12-15-11-19(13-17(15)6-8-23-9-7-17)24(20,21)16-4-2-14(10-18)3-5-16/h2-5,15H,6-9,11-13H2,1H3. The quantitative estimate of drug-likeness (QED) is 0.824. The molecule has 1 aromatic carbocycles. The molecule has 24 heavy (non-hydrogen) atoms. The summed E-state index contributed by atoms with van der Waals surface area (Å²) < 4.78 is 38.4. The van der Waals surface area contributed by atoms with Crippen molar-refractivity contribution in [1.82, 2.24) is 4.31 Å². The van der Waals surface area contributed by atoms with E-state index in [0.717, 1.165) is 12.8 Å². The molecule has 1 spiro atoms. The number of rotatable bonds is 4. The summed E-state index contributed by atoms with van der Waals surface area (Å²) in [5.74, 6) is 0.180. The van der Waals surface area contributed by atoms with Gasteiger partial charge in [0.2, 0.25) is 10.0 Å². The molecule has 3 rings (SSSR count). The highest BCUT2D eigenvalue weighted by Gasteiger charge is 2.50. The molecule has 130 valence electrons. The molecule has 2 aliphatic heterocycles. The Hall–Kier alpha value is -1.46. The number of hydrogen-bond acceptors (Lipinski definition) is 5. The third-order valence-corrected chi connectivity index (χ3v) is 7.08. The van der Waals surface area contributed by atoms with Crippen molar-refractivity contribution < 1.29 is 17.9 Å². The van der Waals surface area contributed by atoms with E-state index in [9.17, 15) is 8.42 Å². The second-order valence-electron chi connectivity index (χ2n) is 6.56. The van der Waals surface area contributed by atoms with Crippen molar-refractivity contribution in [2.45, 2.75) is 17.7 Å². The van der Waals surface area contributed by atoms with Crippen LogP contribution < -0.4 is 0 Å².